The molecule has 0 atom stereocenters. The Morgan fingerprint density at radius 3 is 2.42 bits per heavy atom. The minimum Gasteiger partial charge on any atom is -0.497 e. The number of halogens is 1. The second-order valence-corrected chi connectivity index (χ2v) is 5.26. The molecule has 0 spiro atoms. The van der Waals surface area contributed by atoms with Crippen molar-refractivity contribution in [1.29, 1.82) is 0 Å². The lowest BCUT2D eigenvalue weighted by atomic mass is 10.2. The Morgan fingerprint density at radius 1 is 1.16 bits per heavy atom. The summed E-state index contributed by atoms with van der Waals surface area (Å²) >= 11 is 3.54. The van der Waals surface area contributed by atoms with Crippen LogP contribution in [0, 0.1) is 0 Å². The van der Waals surface area contributed by atoms with Crippen molar-refractivity contribution in [2.45, 2.75) is 6.54 Å². The number of nitrogen functional groups attached to an aromatic ring is 1. The standard InChI is InChI=1S/C15H17BrN2O/c1-18(13-5-7-14(19-2)8-6-13)10-11-3-4-12(17)9-15(11)16/h3-9H,10,17H2,1-2H3. The summed E-state index contributed by atoms with van der Waals surface area (Å²) in [6.45, 7) is 0.813. The lowest BCUT2D eigenvalue weighted by Gasteiger charge is -2.20. The van der Waals surface area contributed by atoms with E-state index in [1.54, 1.807) is 7.11 Å². The van der Waals surface area contributed by atoms with Gasteiger partial charge in [-0.1, -0.05) is 22.0 Å². The number of nitrogens with zero attached hydrogens (tertiary/aromatic N) is 1. The van der Waals surface area contributed by atoms with Crippen molar-refractivity contribution in [2.24, 2.45) is 0 Å². The summed E-state index contributed by atoms with van der Waals surface area (Å²) < 4.78 is 6.19. The van der Waals surface area contributed by atoms with Gasteiger partial charge in [0, 0.05) is 29.4 Å². The molecule has 0 aliphatic carbocycles. The summed E-state index contributed by atoms with van der Waals surface area (Å²) in [5, 5.41) is 0. The Bertz CT molecular complexity index is 555. The normalized spacial score (nSPS) is 10.3. The number of benzene rings is 2. The van der Waals surface area contributed by atoms with E-state index >= 15 is 0 Å². The van der Waals surface area contributed by atoms with Crippen molar-refractivity contribution < 1.29 is 4.74 Å². The SMILES string of the molecule is COc1ccc(N(C)Cc2ccc(N)cc2Br)cc1. The van der Waals surface area contributed by atoms with Crippen LogP contribution in [0.5, 0.6) is 5.75 Å². The highest BCUT2D eigenvalue weighted by Crippen LogP contribution is 2.24. The second-order valence-electron chi connectivity index (χ2n) is 4.40. The fourth-order valence-electron chi connectivity index (χ4n) is 1.88. The summed E-state index contributed by atoms with van der Waals surface area (Å²) in [7, 11) is 3.73. The second kappa shape index (κ2) is 5.97. The quantitative estimate of drug-likeness (QED) is 0.873. The first-order chi connectivity index (χ1) is 9.10. The maximum atomic E-state index is 5.74. The summed E-state index contributed by atoms with van der Waals surface area (Å²) in [5.74, 6) is 0.866. The molecule has 0 saturated heterocycles. The number of rotatable bonds is 4. The first-order valence-electron chi connectivity index (χ1n) is 5.99. The van der Waals surface area contributed by atoms with E-state index in [0.29, 0.717) is 0 Å². The predicted molar refractivity (Wildman–Crippen MR) is 83.7 cm³/mol. The lowest BCUT2D eigenvalue weighted by molar-refractivity contribution is 0.415. The Morgan fingerprint density at radius 2 is 1.84 bits per heavy atom. The zero-order valence-corrected chi connectivity index (χ0v) is 12.6. The number of ether oxygens (including phenoxy) is 1. The van der Waals surface area contributed by atoms with E-state index < -0.39 is 0 Å². The van der Waals surface area contributed by atoms with Crippen LogP contribution in [0.25, 0.3) is 0 Å². The van der Waals surface area contributed by atoms with Crippen molar-refractivity contribution >= 4 is 27.3 Å². The van der Waals surface area contributed by atoms with Gasteiger partial charge in [0.15, 0.2) is 0 Å². The van der Waals surface area contributed by atoms with E-state index in [1.807, 2.05) is 42.5 Å². The van der Waals surface area contributed by atoms with Gasteiger partial charge in [0.1, 0.15) is 5.75 Å². The molecule has 0 aromatic heterocycles. The third-order valence-electron chi connectivity index (χ3n) is 3.00. The van der Waals surface area contributed by atoms with Crippen LogP contribution in [-0.4, -0.2) is 14.2 Å². The molecule has 0 unspecified atom stereocenters. The summed E-state index contributed by atoms with van der Waals surface area (Å²) in [6.07, 6.45) is 0. The number of anilines is 2. The van der Waals surface area contributed by atoms with Gasteiger partial charge < -0.3 is 15.4 Å². The van der Waals surface area contributed by atoms with Gasteiger partial charge in [0.05, 0.1) is 7.11 Å². The fraction of sp³-hybridized carbons (Fsp3) is 0.200. The van der Waals surface area contributed by atoms with E-state index in [9.17, 15) is 0 Å². The molecule has 0 saturated carbocycles. The molecule has 2 aromatic rings. The van der Waals surface area contributed by atoms with Gasteiger partial charge in [0.2, 0.25) is 0 Å². The molecular weight excluding hydrogens is 304 g/mol. The number of nitrogens with two attached hydrogens (primary N) is 1. The maximum absolute atomic E-state index is 5.74. The zero-order valence-electron chi connectivity index (χ0n) is 11.1. The molecule has 0 aliphatic heterocycles. The summed E-state index contributed by atoms with van der Waals surface area (Å²) in [5.41, 5.74) is 8.85. The van der Waals surface area contributed by atoms with Crippen molar-refractivity contribution in [1.82, 2.24) is 0 Å². The van der Waals surface area contributed by atoms with Gasteiger partial charge in [-0.25, -0.2) is 0 Å². The van der Waals surface area contributed by atoms with Crippen molar-refractivity contribution in [2.75, 3.05) is 24.8 Å². The third kappa shape index (κ3) is 3.41. The molecule has 19 heavy (non-hydrogen) atoms. The van der Waals surface area contributed by atoms with Crippen LogP contribution in [0.3, 0.4) is 0 Å². The smallest absolute Gasteiger partial charge is 0.119 e. The molecule has 4 heteroatoms. The van der Waals surface area contributed by atoms with Crippen LogP contribution in [0.2, 0.25) is 0 Å². The van der Waals surface area contributed by atoms with Gasteiger partial charge >= 0.3 is 0 Å². The van der Waals surface area contributed by atoms with Crippen molar-refractivity contribution in [3.63, 3.8) is 0 Å². The highest BCUT2D eigenvalue weighted by atomic mass is 79.9. The minimum absolute atomic E-state index is 0.766. The largest absolute Gasteiger partial charge is 0.497 e. The molecular formula is C15H17BrN2O. The number of hydrogen-bond acceptors (Lipinski definition) is 3. The predicted octanol–water partition coefficient (Wildman–Crippen LogP) is 3.68. The molecule has 0 radical (unpaired) electrons. The highest BCUT2D eigenvalue weighted by Gasteiger charge is 2.06. The molecule has 2 rings (SSSR count). The van der Waals surface area contributed by atoms with E-state index in [0.717, 1.165) is 28.1 Å². The number of methoxy groups -OCH3 is 1. The van der Waals surface area contributed by atoms with Crippen molar-refractivity contribution in [3.8, 4) is 5.75 Å². The van der Waals surface area contributed by atoms with Gasteiger partial charge in [-0.15, -0.1) is 0 Å². The van der Waals surface area contributed by atoms with Crippen LogP contribution in [0.15, 0.2) is 46.9 Å². The van der Waals surface area contributed by atoms with Crippen LogP contribution in [0.4, 0.5) is 11.4 Å². The molecule has 2 N–H and O–H groups in total. The average Bonchev–Trinajstić information content (AvgIpc) is 2.42. The first kappa shape index (κ1) is 13.7. The van der Waals surface area contributed by atoms with Crippen LogP contribution < -0.4 is 15.4 Å². The summed E-state index contributed by atoms with van der Waals surface area (Å²) in [6, 6.07) is 13.9. The molecule has 2 aromatic carbocycles. The monoisotopic (exact) mass is 320 g/mol. The van der Waals surface area contributed by atoms with E-state index in [1.165, 1.54) is 5.56 Å². The average molecular weight is 321 g/mol. The van der Waals surface area contributed by atoms with Gasteiger partial charge in [-0.3, -0.25) is 0 Å². The lowest BCUT2D eigenvalue weighted by Crippen LogP contribution is -2.16. The molecule has 0 fully saturated rings. The van der Waals surface area contributed by atoms with E-state index in [-0.39, 0.29) is 0 Å². The Balaban J connectivity index is 2.13. The highest BCUT2D eigenvalue weighted by molar-refractivity contribution is 9.10. The van der Waals surface area contributed by atoms with E-state index in [4.69, 9.17) is 10.5 Å². The zero-order chi connectivity index (χ0) is 13.8. The first-order valence-corrected chi connectivity index (χ1v) is 6.78. The van der Waals surface area contributed by atoms with Crippen LogP contribution in [-0.2, 0) is 6.54 Å². The minimum atomic E-state index is 0.766. The van der Waals surface area contributed by atoms with Crippen LogP contribution >= 0.6 is 15.9 Å². The fourth-order valence-corrected chi connectivity index (χ4v) is 2.40. The van der Waals surface area contributed by atoms with Crippen LogP contribution in [0.1, 0.15) is 5.56 Å². The Labute approximate surface area is 122 Å². The molecule has 0 amide bonds. The van der Waals surface area contributed by atoms with Gasteiger partial charge in [0.25, 0.3) is 0 Å². The van der Waals surface area contributed by atoms with Gasteiger partial charge in [-0.05, 0) is 42.0 Å². The summed E-state index contributed by atoms with van der Waals surface area (Å²) in [4.78, 5) is 2.18. The van der Waals surface area contributed by atoms with E-state index in [2.05, 4.69) is 27.9 Å². The maximum Gasteiger partial charge on any atom is 0.119 e. The topological polar surface area (TPSA) is 38.5 Å². The molecule has 0 bridgehead atoms. The van der Waals surface area contributed by atoms with Gasteiger partial charge in [-0.2, -0.15) is 0 Å². The molecule has 0 aliphatic rings. The number of hydrogen-bond donors (Lipinski definition) is 1. The Hall–Kier alpha value is -1.68. The third-order valence-corrected chi connectivity index (χ3v) is 3.74. The Kier molecular flexibility index (Phi) is 4.32. The molecule has 100 valence electrons. The van der Waals surface area contributed by atoms with Crippen molar-refractivity contribution in [3.05, 3.63) is 52.5 Å². The molecule has 3 nitrogen and oxygen atoms in total. The molecule has 0 heterocycles.